The molecule has 1 heterocycles. The van der Waals surface area contributed by atoms with Gasteiger partial charge in [-0.1, -0.05) is 11.6 Å². The third kappa shape index (κ3) is 2.09. The first-order chi connectivity index (χ1) is 9.60. The number of halogens is 2. The van der Waals surface area contributed by atoms with Gasteiger partial charge in [-0.05, 0) is 42.5 Å². The zero-order valence-corrected chi connectivity index (χ0v) is 12.1. The summed E-state index contributed by atoms with van der Waals surface area (Å²) in [4.78, 5) is 3.03. The molecule has 0 radical (unpaired) electrons. The Morgan fingerprint density at radius 1 is 1.25 bits per heavy atom. The third-order valence-electron chi connectivity index (χ3n) is 3.04. The number of hydrogen-bond donors (Lipinski definition) is 1. The van der Waals surface area contributed by atoms with Crippen LogP contribution in [0.2, 0.25) is 5.02 Å². The molecule has 0 aliphatic heterocycles. The first-order valence-electron chi connectivity index (χ1n) is 5.84. The minimum absolute atomic E-state index is 0.322. The van der Waals surface area contributed by atoms with E-state index < -0.39 is 0 Å². The fourth-order valence-electron chi connectivity index (χ4n) is 2.11. The van der Waals surface area contributed by atoms with Crippen LogP contribution in [0.15, 0.2) is 36.4 Å². The van der Waals surface area contributed by atoms with Crippen LogP contribution in [0.5, 0.6) is 5.75 Å². The van der Waals surface area contributed by atoms with E-state index in [1.54, 1.807) is 28.8 Å². The summed E-state index contributed by atoms with van der Waals surface area (Å²) in [6.07, 6.45) is 0. The Morgan fingerprint density at radius 3 is 2.80 bits per heavy atom. The molecule has 0 aliphatic rings. The van der Waals surface area contributed by atoms with Gasteiger partial charge in [-0.15, -0.1) is 0 Å². The Morgan fingerprint density at radius 2 is 2.05 bits per heavy atom. The zero-order valence-electron chi connectivity index (χ0n) is 10.5. The number of H-pyrrole nitrogens is 1. The highest BCUT2D eigenvalue weighted by Gasteiger charge is 2.12. The molecule has 0 saturated heterocycles. The van der Waals surface area contributed by atoms with Crippen molar-refractivity contribution in [2.24, 2.45) is 0 Å². The second-order valence-electron chi connectivity index (χ2n) is 4.24. The highest BCUT2D eigenvalue weighted by molar-refractivity contribution is 7.71. The molecular formula is C14H10ClFN2OS. The molecule has 3 aromatic rings. The van der Waals surface area contributed by atoms with Crippen molar-refractivity contribution in [3.05, 3.63) is 52.0 Å². The van der Waals surface area contributed by atoms with Gasteiger partial charge in [0, 0.05) is 11.1 Å². The first kappa shape index (κ1) is 13.1. The molecule has 3 nitrogen and oxygen atoms in total. The standard InChI is InChI=1S/C14H10ClFN2OS/c1-19-9-3-4-10(16)12(7-9)18-13-6-8(15)2-5-11(13)17-14(18)20/h2-7H,1H3,(H,17,20). The molecule has 6 heteroatoms. The van der Waals surface area contributed by atoms with Crippen LogP contribution in [-0.4, -0.2) is 16.7 Å². The van der Waals surface area contributed by atoms with Crippen LogP contribution in [-0.2, 0) is 0 Å². The van der Waals surface area contributed by atoms with E-state index in [-0.39, 0.29) is 5.82 Å². The van der Waals surface area contributed by atoms with Gasteiger partial charge in [-0.25, -0.2) is 4.39 Å². The Bertz CT molecular complexity index is 856. The van der Waals surface area contributed by atoms with Gasteiger partial charge in [-0.2, -0.15) is 0 Å². The summed E-state index contributed by atoms with van der Waals surface area (Å²) in [5.41, 5.74) is 1.83. The molecule has 0 unspecified atom stereocenters. The number of imidazole rings is 1. The van der Waals surface area contributed by atoms with Crippen molar-refractivity contribution in [3.63, 3.8) is 0 Å². The van der Waals surface area contributed by atoms with Crippen molar-refractivity contribution in [1.82, 2.24) is 9.55 Å². The maximum Gasteiger partial charge on any atom is 0.182 e. The molecule has 1 aromatic heterocycles. The summed E-state index contributed by atoms with van der Waals surface area (Å²) in [5, 5.41) is 0.559. The van der Waals surface area contributed by atoms with Crippen LogP contribution < -0.4 is 4.74 Å². The monoisotopic (exact) mass is 308 g/mol. The van der Waals surface area contributed by atoms with E-state index in [4.69, 9.17) is 28.6 Å². The van der Waals surface area contributed by atoms with E-state index in [9.17, 15) is 4.39 Å². The molecule has 102 valence electrons. The first-order valence-corrected chi connectivity index (χ1v) is 6.63. The molecule has 1 N–H and O–H groups in total. The molecule has 0 atom stereocenters. The molecule has 0 bridgehead atoms. The summed E-state index contributed by atoms with van der Waals surface area (Å²) in [6.45, 7) is 0. The summed E-state index contributed by atoms with van der Waals surface area (Å²) in [6, 6.07) is 9.80. The van der Waals surface area contributed by atoms with Crippen LogP contribution >= 0.6 is 23.8 Å². The number of ether oxygens (including phenoxy) is 1. The minimum atomic E-state index is -0.386. The molecular weight excluding hydrogens is 299 g/mol. The predicted octanol–water partition coefficient (Wildman–Crippen LogP) is 4.49. The molecule has 20 heavy (non-hydrogen) atoms. The van der Waals surface area contributed by atoms with Crippen molar-refractivity contribution < 1.29 is 9.13 Å². The van der Waals surface area contributed by atoms with E-state index in [0.29, 0.717) is 21.2 Å². The van der Waals surface area contributed by atoms with Gasteiger partial charge >= 0.3 is 0 Å². The molecule has 2 aromatic carbocycles. The van der Waals surface area contributed by atoms with Gasteiger partial charge in [0.15, 0.2) is 4.77 Å². The largest absolute Gasteiger partial charge is 0.497 e. The number of hydrogen-bond acceptors (Lipinski definition) is 2. The number of methoxy groups -OCH3 is 1. The Hall–Kier alpha value is -1.85. The van der Waals surface area contributed by atoms with Gasteiger partial charge in [0.25, 0.3) is 0 Å². The average Bonchev–Trinajstić information content (AvgIpc) is 2.75. The molecule has 0 amide bonds. The van der Waals surface area contributed by atoms with Gasteiger partial charge in [0.05, 0.1) is 23.8 Å². The lowest BCUT2D eigenvalue weighted by Gasteiger charge is -2.08. The normalized spacial score (nSPS) is 10.9. The quantitative estimate of drug-likeness (QED) is 0.707. The SMILES string of the molecule is COc1ccc(F)c(-n2c(=S)[nH]c3ccc(Cl)cc32)c1. The summed E-state index contributed by atoms with van der Waals surface area (Å²) < 4.78 is 21.2. The highest BCUT2D eigenvalue weighted by atomic mass is 35.5. The minimum Gasteiger partial charge on any atom is -0.497 e. The fraction of sp³-hybridized carbons (Fsp3) is 0.0714. The maximum atomic E-state index is 14.1. The van der Waals surface area contributed by atoms with Gasteiger partial charge in [-0.3, -0.25) is 4.57 Å². The number of aromatic nitrogens is 2. The van der Waals surface area contributed by atoms with Crippen LogP contribution in [0, 0.1) is 10.6 Å². The maximum absolute atomic E-state index is 14.1. The number of nitrogens with one attached hydrogen (secondary N) is 1. The molecule has 0 spiro atoms. The highest BCUT2D eigenvalue weighted by Crippen LogP contribution is 2.26. The number of fused-ring (bicyclic) bond motifs is 1. The molecule has 3 rings (SSSR count). The van der Waals surface area contributed by atoms with E-state index in [2.05, 4.69) is 4.98 Å². The lowest BCUT2D eigenvalue weighted by Crippen LogP contribution is -1.98. The van der Waals surface area contributed by atoms with Crippen LogP contribution in [0.25, 0.3) is 16.7 Å². The van der Waals surface area contributed by atoms with Crippen LogP contribution in [0.3, 0.4) is 0 Å². The van der Waals surface area contributed by atoms with E-state index in [0.717, 1.165) is 11.0 Å². The number of nitrogens with zero attached hydrogens (tertiary/aromatic N) is 1. The van der Waals surface area contributed by atoms with E-state index in [1.807, 2.05) is 6.07 Å². The van der Waals surface area contributed by atoms with Crippen LogP contribution in [0.4, 0.5) is 4.39 Å². The van der Waals surface area contributed by atoms with Crippen molar-refractivity contribution >= 4 is 34.9 Å². The second-order valence-corrected chi connectivity index (χ2v) is 5.07. The van der Waals surface area contributed by atoms with Gasteiger partial charge in [0.1, 0.15) is 11.6 Å². The lowest BCUT2D eigenvalue weighted by molar-refractivity contribution is 0.413. The van der Waals surface area contributed by atoms with Crippen molar-refractivity contribution in [3.8, 4) is 11.4 Å². The Balaban J connectivity index is 2.37. The summed E-state index contributed by atoms with van der Waals surface area (Å²) >= 11 is 11.3. The summed E-state index contributed by atoms with van der Waals surface area (Å²) in [7, 11) is 1.53. The predicted molar refractivity (Wildman–Crippen MR) is 80.0 cm³/mol. The fourth-order valence-corrected chi connectivity index (χ4v) is 2.58. The number of aromatic amines is 1. The Kier molecular flexibility index (Phi) is 3.23. The van der Waals surface area contributed by atoms with E-state index in [1.165, 1.54) is 13.2 Å². The van der Waals surface area contributed by atoms with Gasteiger partial charge < -0.3 is 9.72 Å². The summed E-state index contributed by atoms with van der Waals surface area (Å²) in [5.74, 6) is 0.169. The average molecular weight is 309 g/mol. The van der Waals surface area contributed by atoms with E-state index >= 15 is 0 Å². The van der Waals surface area contributed by atoms with Gasteiger partial charge in [0.2, 0.25) is 0 Å². The third-order valence-corrected chi connectivity index (χ3v) is 3.56. The molecule has 0 saturated carbocycles. The molecule has 0 fully saturated rings. The smallest absolute Gasteiger partial charge is 0.182 e. The lowest BCUT2D eigenvalue weighted by atomic mass is 10.2. The Labute approximate surface area is 124 Å². The number of benzene rings is 2. The molecule has 0 aliphatic carbocycles. The van der Waals surface area contributed by atoms with Crippen molar-refractivity contribution in [2.75, 3.05) is 7.11 Å². The zero-order chi connectivity index (χ0) is 14.3. The van der Waals surface area contributed by atoms with Crippen LogP contribution in [0.1, 0.15) is 0 Å². The topological polar surface area (TPSA) is 29.9 Å². The van der Waals surface area contributed by atoms with Crippen molar-refractivity contribution in [2.45, 2.75) is 0 Å². The second kappa shape index (κ2) is 4.92. The number of rotatable bonds is 2. The van der Waals surface area contributed by atoms with Crippen molar-refractivity contribution in [1.29, 1.82) is 0 Å².